The van der Waals surface area contributed by atoms with Crippen LogP contribution < -0.4 is 5.73 Å². The predicted octanol–water partition coefficient (Wildman–Crippen LogP) is 2.42. The van der Waals surface area contributed by atoms with Crippen LogP contribution >= 0.6 is 0 Å². The molecule has 96 valence electrons. The molecule has 1 aromatic heterocycles. The molecule has 0 aromatic carbocycles. The molecule has 1 aromatic rings. The molecule has 17 heavy (non-hydrogen) atoms. The van der Waals surface area contributed by atoms with Gasteiger partial charge in [0.1, 0.15) is 0 Å². The highest BCUT2D eigenvalue weighted by Gasteiger charge is 2.23. The van der Waals surface area contributed by atoms with Gasteiger partial charge in [-0.15, -0.1) is 0 Å². The lowest BCUT2D eigenvalue weighted by Gasteiger charge is -2.28. The number of hydrogen-bond acceptors (Lipinski definition) is 3. The summed E-state index contributed by atoms with van der Waals surface area (Å²) in [7, 11) is 1.80. The number of rotatable bonds is 4. The summed E-state index contributed by atoms with van der Waals surface area (Å²) in [6, 6.07) is 0.595. The van der Waals surface area contributed by atoms with E-state index in [0.717, 1.165) is 18.4 Å². The van der Waals surface area contributed by atoms with Crippen LogP contribution in [0.4, 0.5) is 0 Å². The Kier molecular flexibility index (Phi) is 4.18. The topological polar surface area (TPSA) is 53.1 Å². The molecule has 3 atom stereocenters. The number of ether oxygens (including phenoxy) is 1. The van der Waals surface area contributed by atoms with E-state index in [1.165, 1.54) is 19.3 Å². The maximum absolute atomic E-state index is 6.01. The van der Waals surface area contributed by atoms with Gasteiger partial charge in [-0.05, 0) is 32.1 Å². The summed E-state index contributed by atoms with van der Waals surface area (Å²) < 4.78 is 7.53. The summed E-state index contributed by atoms with van der Waals surface area (Å²) in [5.74, 6) is 0. The van der Waals surface area contributed by atoms with E-state index in [1.54, 1.807) is 7.11 Å². The molecule has 0 spiro atoms. The van der Waals surface area contributed by atoms with E-state index < -0.39 is 0 Å². The third-order valence-electron chi connectivity index (χ3n) is 3.80. The van der Waals surface area contributed by atoms with Gasteiger partial charge in [0, 0.05) is 24.9 Å². The summed E-state index contributed by atoms with van der Waals surface area (Å²) in [6.07, 6.45) is 10.0. The summed E-state index contributed by atoms with van der Waals surface area (Å²) >= 11 is 0. The van der Waals surface area contributed by atoms with Crippen molar-refractivity contribution < 1.29 is 4.74 Å². The predicted molar refractivity (Wildman–Crippen MR) is 67.7 cm³/mol. The van der Waals surface area contributed by atoms with Gasteiger partial charge in [0.15, 0.2) is 0 Å². The van der Waals surface area contributed by atoms with Gasteiger partial charge in [0.25, 0.3) is 0 Å². The van der Waals surface area contributed by atoms with Gasteiger partial charge < -0.3 is 10.5 Å². The van der Waals surface area contributed by atoms with Crippen molar-refractivity contribution in [3.63, 3.8) is 0 Å². The molecule has 4 nitrogen and oxygen atoms in total. The first-order chi connectivity index (χ1) is 8.24. The normalized spacial score (nSPS) is 27.0. The maximum atomic E-state index is 6.01. The van der Waals surface area contributed by atoms with Crippen LogP contribution in [0.3, 0.4) is 0 Å². The second-order valence-electron chi connectivity index (χ2n) is 4.95. The molecule has 1 saturated carbocycles. The van der Waals surface area contributed by atoms with Crippen LogP contribution in [-0.2, 0) is 4.74 Å². The Labute approximate surface area is 103 Å². The monoisotopic (exact) mass is 237 g/mol. The first-order valence-electron chi connectivity index (χ1n) is 6.57. The third kappa shape index (κ3) is 2.87. The average Bonchev–Trinajstić information content (AvgIpc) is 2.87. The van der Waals surface area contributed by atoms with E-state index in [2.05, 4.69) is 22.9 Å². The van der Waals surface area contributed by atoms with Crippen LogP contribution in [0.15, 0.2) is 12.4 Å². The van der Waals surface area contributed by atoms with Gasteiger partial charge in [-0.2, -0.15) is 5.10 Å². The molecular formula is C13H23N3O. The van der Waals surface area contributed by atoms with Crippen molar-refractivity contribution in [3.8, 4) is 0 Å². The number of nitrogens with zero attached hydrogens (tertiary/aromatic N) is 2. The highest BCUT2D eigenvalue weighted by Crippen LogP contribution is 2.30. The van der Waals surface area contributed by atoms with E-state index in [1.807, 2.05) is 6.20 Å². The lowest BCUT2D eigenvalue weighted by Crippen LogP contribution is -2.24. The molecule has 1 heterocycles. The van der Waals surface area contributed by atoms with Gasteiger partial charge in [0.05, 0.1) is 18.3 Å². The molecule has 0 amide bonds. The summed E-state index contributed by atoms with van der Waals surface area (Å²) in [6.45, 7) is 2.10. The number of methoxy groups -OCH3 is 1. The Balaban J connectivity index is 2.04. The Hall–Kier alpha value is -0.870. The number of hydrogen-bond donors (Lipinski definition) is 1. The third-order valence-corrected chi connectivity index (χ3v) is 3.80. The van der Waals surface area contributed by atoms with E-state index >= 15 is 0 Å². The van der Waals surface area contributed by atoms with Crippen LogP contribution in [0, 0.1) is 0 Å². The quantitative estimate of drug-likeness (QED) is 0.875. The Morgan fingerprint density at radius 1 is 1.59 bits per heavy atom. The van der Waals surface area contributed by atoms with Gasteiger partial charge >= 0.3 is 0 Å². The molecule has 2 rings (SSSR count). The molecule has 1 fully saturated rings. The van der Waals surface area contributed by atoms with Crippen molar-refractivity contribution in [2.45, 2.75) is 57.2 Å². The largest absolute Gasteiger partial charge is 0.381 e. The lowest BCUT2D eigenvalue weighted by atomic mass is 9.93. The van der Waals surface area contributed by atoms with E-state index in [9.17, 15) is 0 Å². The number of aromatic nitrogens is 2. The van der Waals surface area contributed by atoms with E-state index in [4.69, 9.17) is 10.5 Å². The molecule has 0 saturated heterocycles. The molecule has 2 N–H and O–H groups in total. The summed E-state index contributed by atoms with van der Waals surface area (Å²) in [5.41, 5.74) is 7.16. The standard InChI is InChI=1S/C13H23N3O/c1-3-13(14)10-8-15-16(9-10)11-5-4-6-12(7-11)17-2/h8-9,11-13H,3-7,14H2,1-2H3. The van der Waals surface area contributed by atoms with Crippen molar-refractivity contribution in [2.75, 3.05) is 7.11 Å². The minimum Gasteiger partial charge on any atom is -0.381 e. The van der Waals surface area contributed by atoms with Crippen molar-refractivity contribution in [1.29, 1.82) is 0 Å². The van der Waals surface area contributed by atoms with Gasteiger partial charge in [-0.25, -0.2) is 0 Å². The van der Waals surface area contributed by atoms with Crippen molar-refractivity contribution >= 4 is 0 Å². The fourth-order valence-electron chi connectivity index (χ4n) is 2.55. The SMILES string of the molecule is CCC(N)c1cnn(C2CCCC(OC)C2)c1. The van der Waals surface area contributed by atoms with Crippen LogP contribution in [0.25, 0.3) is 0 Å². The molecule has 1 aliphatic rings. The van der Waals surface area contributed by atoms with Crippen LogP contribution in [-0.4, -0.2) is 23.0 Å². The zero-order chi connectivity index (χ0) is 12.3. The first-order valence-corrected chi connectivity index (χ1v) is 6.57. The smallest absolute Gasteiger partial charge is 0.0591 e. The zero-order valence-electron chi connectivity index (χ0n) is 10.8. The molecule has 4 heteroatoms. The van der Waals surface area contributed by atoms with Gasteiger partial charge in [-0.3, -0.25) is 4.68 Å². The summed E-state index contributed by atoms with van der Waals surface area (Å²) in [4.78, 5) is 0. The van der Waals surface area contributed by atoms with Crippen LogP contribution in [0.1, 0.15) is 56.7 Å². The zero-order valence-corrected chi connectivity index (χ0v) is 10.8. The second-order valence-corrected chi connectivity index (χ2v) is 4.95. The molecule has 1 aliphatic carbocycles. The molecule has 0 radical (unpaired) electrons. The minimum atomic E-state index is 0.116. The first kappa shape index (κ1) is 12.6. The second kappa shape index (κ2) is 5.65. The fourth-order valence-corrected chi connectivity index (χ4v) is 2.55. The van der Waals surface area contributed by atoms with E-state index in [0.29, 0.717) is 12.1 Å². The summed E-state index contributed by atoms with van der Waals surface area (Å²) in [5, 5.41) is 4.46. The lowest BCUT2D eigenvalue weighted by molar-refractivity contribution is 0.0508. The molecule has 3 unspecified atom stereocenters. The molecular weight excluding hydrogens is 214 g/mol. The Morgan fingerprint density at radius 3 is 3.12 bits per heavy atom. The fraction of sp³-hybridized carbons (Fsp3) is 0.769. The van der Waals surface area contributed by atoms with Crippen LogP contribution in [0.5, 0.6) is 0 Å². The Bertz CT molecular complexity index is 350. The van der Waals surface area contributed by atoms with Crippen molar-refractivity contribution in [1.82, 2.24) is 9.78 Å². The highest BCUT2D eigenvalue weighted by atomic mass is 16.5. The van der Waals surface area contributed by atoms with Gasteiger partial charge in [-0.1, -0.05) is 6.92 Å². The van der Waals surface area contributed by atoms with Gasteiger partial charge in [0.2, 0.25) is 0 Å². The highest BCUT2D eigenvalue weighted by molar-refractivity contribution is 5.09. The van der Waals surface area contributed by atoms with E-state index in [-0.39, 0.29) is 6.04 Å². The average molecular weight is 237 g/mol. The maximum Gasteiger partial charge on any atom is 0.0591 e. The Morgan fingerprint density at radius 2 is 2.41 bits per heavy atom. The molecule has 0 bridgehead atoms. The van der Waals surface area contributed by atoms with Crippen molar-refractivity contribution in [2.24, 2.45) is 5.73 Å². The van der Waals surface area contributed by atoms with Crippen LogP contribution in [0.2, 0.25) is 0 Å². The number of nitrogens with two attached hydrogens (primary N) is 1. The van der Waals surface area contributed by atoms with Crippen molar-refractivity contribution in [3.05, 3.63) is 18.0 Å². The molecule has 0 aliphatic heterocycles. The minimum absolute atomic E-state index is 0.116.